The number of hydrogen-bond acceptors (Lipinski definition) is 3. The van der Waals surface area contributed by atoms with Crippen LogP contribution in [0.1, 0.15) is 12.6 Å². The lowest BCUT2D eigenvalue weighted by Gasteiger charge is -2.08. The molecule has 2 rings (SSSR count). The minimum Gasteiger partial charge on any atom is -0.370 e. The van der Waals surface area contributed by atoms with E-state index in [2.05, 4.69) is 29.4 Å². The van der Waals surface area contributed by atoms with Gasteiger partial charge in [0.1, 0.15) is 5.82 Å². The number of benzene rings is 1. The van der Waals surface area contributed by atoms with Gasteiger partial charge in [-0.25, -0.2) is 4.98 Å². The smallest absolute Gasteiger partial charge is 0.134 e. The van der Waals surface area contributed by atoms with Crippen LogP contribution < -0.4 is 11.1 Å². The van der Waals surface area contributed by atoms with Gasteiger partial charge in [-0.2, -0.15) is 0 Å². The quantitative estimate of drug-likeness (QED) is 0.799. The SMILES string of the molecule is CCNc1nc(CN)cc2ccccc12. The standard InChI is InChI=1S/C12H15N3/c1-2-14-12-11-6-4-3-5-9(11)7-10(8-13)15-12/h3-7H,2,8,13H2,1H3,(H,14,15). The first-order valence-electron chi connectivity index (χ1n) is 5.17. The molecule has 2 aromatic rings. The third-order valence-corrected chi connectivity index (χ3v) is 2.35. The zero-order valence-electron chi connectivity index (χ0n) is 8.83. The molecular formula is C12H15N3. The molecule has 3 nitrogen and oxygen atoms in total. The van der Waals surface area contributed by atoms with Gasteiger partial charge in [0, 0.05) is 18.5 Å². The molecule has 1 aromatic heterocycles. The Labute approximate surface area is 89.3 Å². The van der Waals surface area contributed by atoms with Crippen molar-refractivity contribution in [2.45, 2.75) is 13.5 Å². The summed E-state index contributed by atoms with van der Waals surface area (Å²) in [6, 6.07) is 10.2. The lowest BCUT2D eigenvalue weighted by atomic mass is 10.1. The van der Waals surface area contributed by atoms with Crippen LogP contribution in [0.25, 0.3) is 10.8 Å². The molecule has 0 fully saturated rings. The molecule has 15 heavy (non-hydrogen) atoms. The summed E-state index contributed by atoms with van der Waals surface area (Å²) in [5.74, 6) is 0.927. The predicted molar refractivity (Wildman–Crippen MR) is 63.8 cm³/mol. The fourth-order valence-corrected chi connectivity index (χ4v) is 1.66. The number of fused-ring (bicyclic) bond motifs is 1. The molecule has 3 N–H and O–H groups in total. The van der Waals surface area contributed by atoms with Crippen LogP contribution in [0.5, 0.6) is 0 Å². The van der Waals surface area contributed by atoms with Gasteiger partial charge in [0.15, 0.2) is 0 Å². The van der Waals surface area contributed by atoms with Crippen LogP contribution in [0.3, 0.4) is 0 Å². The maximum atomic E-state index is 5.62. The Hall–Kier alpha value is -1.61. The number of hydrogen-bond donors (Lipinski definition) is 2. The molecule has 78 valence electrons. The number of nitrogens with zero attached hydrogens (tertiary/aromatic N) is 1. The van der Waals surface area contributed by atoms with Crippen molar-refractivity contribution in [3.8, 4) is 0 Å². The van der Waals surface area contributed by atoms with E-state index in [4.69, 9.17) is 5.73 Å². The molecule has 3 heteroatoms. The highest BCUT2D eigenvalue weighted by Crippen LogP contribution is 2.22. The maximum Gasteiger partial charge on any atom is 0.134 e. The molecule has 0 radical (unpaired) electrons. The monoisotopic (exact) mass is 201 g/mol. The van der Waals surface area contributed by atoms with Crippen molar-refractivity contribution in [3.05, 3.63) is 36.0 Å². The maximum absolute atomic E-state index is 5.62. The highest BCUT2D eigenvalue weighted by molar-refractivity contribution is 5.92. The van der Waals surface area contributed by atoms with Crippen LogP contribution in [0.15, 0.2) is 30.3 Å². The third kappa shape index (κ3) is 1.92. The van der Waals surface area contributed by atoms with E-state index in [0.717, 1.165) is 23.4 Å². The predicted octanol–water partition coefficient (Wildman–Crippen LogP) is 2.13. The molecule has 0 aliphatic carbocycles. The summed E-state index contributed by atoms with van der Waals surface area (Å²) in [5, 5.41) is 5.59. The first kappa shape index (κ1) is 9.93. The molecule has 1 heterocycles. The second-order valence-corrected chi connectivity index (χ2v) is 3.42. The van der Waals surface area contributed by atoms with Gasteiger partial charge < -0.3 is 11.1 Å². The summed E-state index contributed by atoms with van der Waals surface area (Å²) in [6.45, 7) is 3.40. The van der Waals surface area contributed by atoms with Crippen LogP contribution in [0, 0.1) is 0 Å². The number of pyridine rings is 1. The van der Waals surface area contributed by atoms with E-state index in [1.807, 2.05) is 18.2 Å². The van der Waals surface area contributed by atoms with E-state index in [0.29, 0.717) is 6.54 Å². The average Bonchev–Trinajstić information content (AvgIpc) is 2.29. The highest BCUT2D eigenvalue weighted by atomic mass is 15.0. The second kappa shape index (κ2) is 4.28. The highest BCUT2D eigenvalue weighted by Gasteiger charge is 2.03. The molecule has 0 atom stereocenters. The third-order valence-electron chi connectivity index (χ3n) is 2.35. The summed E-state index contributed by atoms with van der Waals surface area (Å²) < 4.78 is 0. The van der Waals surface area contributed by atoms with Gasteiger partial charge in [0.05, 0.1) is 5.69 Å². The Bertz CT molecular complexity index is 465. The lowest BCUT2D eigenvalue weighted by molar-refractivity contribution is 0.993. The van der Waals surface area contributed by atoms with Gasteiger partial charge in [-0.1, -0.05) is 24.3 Å². The minimum atomic E-state index is 0.475. The van der Waals surface area contributed by atoms with Crippen LogP contribution >= 0.6 is 0 Å². The number of aromatic nitrogens is 1. The van der Waals surface area contributed by atoms with Crippen molar-refractivity contribution in [2.24, 2.45) is 5.73 Å². The molecule has 0 unspecified atom stereocenters. The van der Waals surface area contributed by atoms with Crippen LogP contribution in [-0.4, -0.2) is 11.5 Å². The Morgan fingerprint density at radius 3 is 2.87 bits per heavy atom. The van der Waals surface area contributed by atoms with Crippen molar-refractivity contribution in [3.63, 3.8) is 0 Å². The van der Waals surface area contributed by atoms with E-state index in [9.17, 15) is 0 Å². The van der Waals surface area contributed by atoms with Crippen molar-refractivity contribution in [2.75, 3.05) is 11.9 Å². The summed E-state index contributed by atoms with van der Waals surface area (Å²) in [4.78, 5) is 4.47. The molecule has 1 aromatic carbocycles. The molecule has 0 bridgehead atoms. The van der Waals surface area contributed by atoms with Crippen molar-refractivity contribution < 1.29 is 0 Å². The normalized spacial score (nSPS) is 10.5. The van der Waals surface area contributed by atoms with E-state index in [1.54, 1.807) is 0 Å². The summed E-state index contributed by atoms with van der Waals surface area (Å²) >= 11 is 0. The summed E-state index contributed by atoms with van der Waals surface area (Å²) in [6.07, 6.45) is 0. The van der Waals surface area contributed by atoms with E-state index < -0.39 is 0 Å². The van der Waals surface area contributed by atoms with Gasteiger partial charge in [-0.3, -0.25) is 0 Å². The Morgan fingerprint density at radius 2 is 2.13 bits per heavy atom. The zero-order valence-corrected chi connectivity index (χ0v) is 8.83. The van der Waals surface area contributed by atoms with Crippen molar-refractivity contribution >= 4 is 16.6 Å². The fraction of sp³-hybridized carbons (Fsp3) is 0.250. The van der Waals surface area contributed by atoms with Crippen LogP contribution in [-0.2, 0) is 6.54 Å². The van der Waals surface area contributed by atoms with Gasteiger partial charge in [0.2, 0.25) is 0 Å². The first-order chi connectivity index (χ1) is 7.35. The average molecular weight is 201 g/mol. The zero-order chi connectivity index (χ0) is 10.7. The topological polar surface area (TPSA) is 50.9 Å². The van der Waals surface area contributed by atoms with Gasteiger partial charge in [-0.05, 0) is 18.4 Å². The summed E-state index contributed by atoms with van der Waals surface area (Å²) in [5.41, 5.74) is 6.54. The van der Waals surface area contributed by atoms with Crippen molar-refractivity contribution in [1.82, 2.24) is 4.98 Å². The number of nitrogens with two attached hydrogens (primary N) is 1. The largest absolute Gasteiger partial charge is 0.370 e. The van der Waals surface area contributed by atoms with E-state index in [-0.39, 0.29) is 0 Å². The van der Waals surface area contributed by atoms with E-state index >= 15 is 0 Å². The second-order valence-electron chi connectivity index (χ2n) is 3.42. The Morgan fingerprint density at radius 1 is 1.33 bits per heavy atom. The van der Waals surface area contributed by atoms with Crippen LogP contribution in [0.4, 0.5) is 5.82 Å². The van der Waals surface area contributed by atoms with Gasteiger partial charge in [0.25, 0.3) is 0 Å². The first-order valence-corrected chi connectivity index (χ1v) is 5.17. The molecule has 0 saturated heterocycles. The number of nitrogens with one attached hydrogen (secondary N) is 1. The van der Waals surface area contributed by atoms with Crippen LogP contribution in [0.2, 0.25) is 0 Å². The molecule has 0 saturated carbocycles. The lowest BCUT2D eigenvalue weighted by Crippen LogP contribution is -2.05. The Balaban J connectivity index is 2.63. The van der Waals surface area contributed by atoms with Gasteiger partial charge in [-0.15, -0.1) is 0 Å². The molecule has 0 spiro atoms. The van der Waals surface area contributed by atoms with Gasteiger partial charge >= 0.3 is 0 Å². The number of anilines is 1. The molecule has 0 aliphatic heterocycles. The minimum absolute atomic E-state index is 0.475. The molecular weight excluding hydrogens is 186 g/mol. The fourth-order valence-electron chi connectivity index (χ4n) is 1.66. The Kier molecular flexibility index (Phi) is 2.83. The molecule has 0 amide bonds. The molecule has 0 aliphatic rings. The van der Waals surface area contributed by atoms with Crippen molar-refractivity contribution in [1.29, 1.82) is 0 Å². The number of rotatable bonds is 3. The van der Waals surface area contributed by atoms with E-state index in [1.165, 1.54) is 5.39 Å². The summed E-state index contributed by atoms with van der Waals surface area (Å²) in [7, 11) is 0.